The first-order chi connectivity index (χ1) is 6.83. The van der Waals surface area contributed by atoms with Crippen LogP contribution in [0.4, 0.5) is 0 Å². The molecule has 0 saturated heterocycles. The van der Waals surface area contributed by atoms with Gasteiger partial charge in [-0.15, -0.1) is 11.8 Å². The molecule has 2 rings (SSSR count). The topological polar surface area (TPSA) is 41.8 Å². The van der Waals surface area contributed by atoms with Crippen molar-refractivity contribution < 1.29 is 0 Å². The van der Waals surface area contributed by atoms with E-state index in [-0.39, 0.29) is 0 Å². The number of nitrogens with two attached hydrogens (primary N) is 1. The van der Waals surface area contributed by atoms with Crippen LogP contribution in [0.1, 0.15) is 5.56 Å². The number of benzene rings is 1. The number of rotatable bonds is 3. The van der Waals surface area contributed by atoms with Gasteiger partial charge in [0.25, 0.3) is 0 Å². The lowest BCUT2D eigenvalue weighted by molar-refractivity contribution is 1.15. The van der Waals surface area contributed by atoms with E-state index in [0.29, 0.717) is 0 Å². The average molecular weight is 206 g/mol. The lowest BCUT2D eigenvalue weighted by Crippen LogP contribution is -2.00. The SMILES string of the molecule is Cc1cccc2c(SCCN)c[nH]c12. The Morgan fingerprint density at radius 2 is 2.29 bits per heavy atom. The molecule has 1 heterocycles. The molecule has 0 atom stereocenters. The van der Waals surface area contributed by atoms with Crippen molar-refractivity contribution in [3.8, 4) is 0 Å². The second-order valence-corrected chi connectivity index (χ2v) is 4.42. The number of aromatic nitrogens is 1. The highest BCUT2D eigenvalue weighted by Gasteiger charge is 2.04. The van der Waals surface area contributed by atoms with Gasteiger partial charge in [-0.3, -0.25) is 0 Å². The van der Waals surface area contributed by atoms with E-state index in [9.17, 15) is 0 Å². The zero-order valence-electron chi connectivity index (χ0n) is 8.21. The number of para-hydroxylation sites is 1. The maximum atomic E-state index is 5.49. The third kappa shape index (κ3) is 1.65. The summed E-state index contributed by atoms with van der Waals surface area (Å²) in [5.41, 5.74) is 8.02. The fourth-order valence-electron chi connectivity index (χ4n) is 1.57. The Morgan fingerprint density at radius 3 is 3.07 bits per heavy atom. The standard InChI is InChI=1S/C11H14N2S/c1-8-3-2-4-9-10(14-6-5-12)7-13-11(8)9/h2-4,7,13H,5-6,12H2,1H3. The highest BCUT2D eigenvalue weighted by atomic mass is 32.2. The summed E-state index contributed by atoms with van der Waals surface area (Å²) in [6.07, 6.45) is 2.07. The maximum Gasteiger partial charge on any atom is 0.0495 e. The van der Waals surface area contributed by atoms with Crippen LogP contribution in [-0.2, 0) is 0 Å². The van der Waals surface area contributed by atoms with Gasteiger partial charge in [0.05, 0.1) is 0 Å². The summed E-state index contributed by atoms with van der Waals surface area (Å²) in [7, 11) is 0. The van der Waals surface area contributed by atoms with E-state index >= 15 is 0 Å². The van der Waals surface area contributed by atoms with Crippen LogP contribution in [0.2, 0.25) is 0 Å². The third-order valence-electron chi connectivity index (χ3n) is 2.26. The lowest BCUT2D eigenvalue weighted by Gasteiger charge is -1.98. The molecule has 0 amide bonds. The molecule has 1 aromatic heterocycles. The molecule has 1 aromatic carbocycles. The second kappa shape index (κ2) is 4.07. The zero-order chi connectivity index (χ0) is 9.97. The summed E-state index contributed by atoms with van der Waals surface area (Å²) >= 11 is 1.81. The molecule has 0 aliphatic carbocycles. The third-order valence-corrected chi connectivity index (χ3v) is 3.35. The summed E-state index contributed by atoms with van der Waals surface area (Å²) in [6, 6.07) is 6.37. The highest BCUT2D eigenvalue weighted by molar-refractivity contribution is 7.99. The van der Waals surface area contributed by atoms with Crippen molar-refractivity contribution in [2.45, 2.75) is 11.8 Å². The van der Waals surface area contributed by atoms with E-state index in [2.05, 4.69) is 36.3 Å². The Labute approximate surface area is 87.9 Å². The number of hydrogen-bond acceptors (Lipinski definition) is 2. The predicted octanol–water partition coefficient (Wildman–Crippen LogP) is 2.53. The van der Waals surface area contributed by atoms with Crippen molar-refractivity contribution in [2.24, 2.45) is 5.73 Å². The number of fused-ring (bicyclic) bond motifs is 1. The van der Waals surface area contributed by atoms with Crippen LogP contribution in [-0.4, -0.2) is 17.3 Å². The van der Waals surface area contributed by atoms with Crippen LogP contribution in [0.5, 0.6) is 0 Å². The van der Waals surface area contributed by atoms with E-state index in [1.54, 1.807) is 0 Å². The quantitative estimate of drug-likeness (QED) is 0.758. The average Bonchev–Trinajstić information content (AvgIpc) is 2.60. The minimum atomic E-state index is 0.725. The van der Waals surface area contributed by atoms with Crippen molar-refractivity contribution in [2.75, 3.05) is 12.3 Å². The van der Waals surface area contributed by atoms with E-state index in [0.717, 1.165) is 12.3 Å². The van der Waals surface area contributed by atoms with Crippen molar-refractivity contribution in [1.29, 1.82) is 0 Å². The number of aryl methyl sites for hydroxylation is 1. The molecule has 14 heavy (non-hydrogen) atoms. The Bertz CT molecular complexity index is 434. The fourth-order valence-corrected chi connectivity index (χ4v) is 2.37. The molecule has 0 saturated carbocycles. The molecule has 0 aliphatic rings. The molecule has 74 valence electrons. The molecule has 0 unspecified atom stereocenters. The molecule has 2 aromatic rings. The molecule has 0 fully saturated rings. The predicted molar refractivity (Wildman–Crippen MR) is 62.8 cm³/mol. The number of nitrogens with one attached hydrogen (secondary N) is 1. The monoisotopic (exact) mass is 206 g/mol. The van der Waals surface area contributed by atoms with Gasteiger partial charge >= 0.3 is 0 Å². The van der Waals surface area contributed by atoms with Crippen LogP contribution in [0.15, 0.2) is 29.3 Å². The van der Waals surface area contributed by atoms with Gasteiger partial charge in [0.15, 0.2) is 0 Å². The molecule has 0 radical (unpaired) electrons. The highest BCUT2D eigenvalue weighted by Crippen LogP contribution is 2.28. The summed E-state index contributed by atoms with van der Waals surface area (Å²) in [4.78, 5) is 4.60. The number of thioether (sulfide) groups is 1. The minimum absolute atomic E-state index is 0.725. The second-order valence-electron chi connectivity index (χ2n) is 3.29. The Balaban J connectivity index is 2.42. The van der Waals surface area contributed by atoms with Gasteiger partial charge in [-0.05, 0) is 12.5 Å². The molecular weight excluding hydrogens is 192 g/mol. The van der Waals surface area contributed by atoms with Gasteiger partial charge in [0, 0.05) is 34.3 Å². The molecular formula is C11H14N2S. The van der Waals surface area contributed by atoms with Crippen LogP contribution in [0, 0.1) is 6.92 Å². The van der Waals surface area contributed by atoms with Crippen molar-refractivity contribution in [1.82, 2.24) is 4.98 Å². The van der Waals surface area contributed by atoms with E-state index < -0.39 is 0 Å². The van der Waals surface area contributed by atoms with Gasteiger partial charge in [-0.25, -0.2) is 0 Å². The van der Waals surface area contributed by atoms with Crippen LogP contribution in [0.3, 0.4) is 0 Å². The first-order valence-corrected chi connectivity index (χ1v) is 5.71. The minimum Gasteiger partial charge on any atom is -0.360 e. The molecule has 0 bridgehead atoms. The first-order valence-electron chi connectivity index (χ1n) is 4.72. The zero-order valence-corrected chi connectivity index (χ0v) is 9.03. The smallest absolute Gasteiger partial charge is 0.0495 e. The van der Waals surface area contributed by atoms with E-state index in [1.807, 2.05) is 11.8 Å². The fraction of sp³-hybridized carbons (Fsp3) is 0.273. The van der Waals surface area contributed by atoms with Crippen molar-refractivity contribution in [3.63, 3.8) is 0 Å². The largest absolute Gasteiger partial charge is 0.360 e. The Kier molecular flexibility index (Phi) is 2.79. The van der Waals surface area contributed by atoms with Gasteiger partial charge in [-0.2, -0.15) is 0 Å². The summed E-state index contributed by atoms with van der Waals surface area (Å²) < 4.78 is 0. The van der Waals surface area contributed by atoms with Gasteiger partial charge in [0.1, 0.15) is 0 Å². The van der Waals surface area contributed by atoms with Gasteiger partial charge in [0.2, 0.25) is 0 Å². The van der Waals surface area contributed by atoms with Crippen LogP contribution >= 0.6 is 11.8 Å². The molecule has 0 spiro atoms. The van der Waals surface area contributed by atoms with Crippen LogP contribution < -0.4 is 5.73 Å². The number of aromatic amines is 1. The van der Waals surface area contributed by atoms with Gasteiger partial charge in [-0.1, -0.05) is 18.2 Å². The maximum absolute atomic E-state index is 5.49. The normalized spacial score (nSPS) is 11.0. The van der Waals surface area contributed by atoms with E-state index in [1.165, 1.54) is 21.4 Å². The van der Waals surface area contributed by atoms with Gasteiger partial charge < -0.3 is 10.7 Å². The van der Waals surface area contributed by atoms with Crippen LogP contribution in [0.25, 0.3) is 10.9 Å². The summed E-state index contributed by atoms with van der Waals surface area (Å²) in [5.74, 6) is 0.973. The number of hydrogen-bond donors (Lipinski definition) is 2. The Hall–Kier alpha value is -0.930. The first kappa shape index (κ1) is 9.62. The molecule has 3 heteroatoms. The number of H-pyrrole nitrogens is 1. The summed E-state index contributed by atoms with van der Waals surface area (Å²) in [6.45, 7) is 2.85. The molecule has 2 nitrogen and oxygen atoms in total. The van der Waals surface area contributed by atoms with Crippen molar-refractivity contribution in [3.05, 3.63) is 30.0 Å². The molecule has 3 N–H and O–H groups in total. The van der Waals surface area contributed by atoms with Crippen molar-refractivity contribution >= 4 is 22.7 Å². The molecule has 0 aliphatic heterocycles. The Morgan fingerprint density at radius 1 is 1.43 bits per heavy atom. The lowest BCUT2D eigenvalue weighted by atomic mass is 10.2. The van der Waals surface area contributed by atoms with E-state index in [4.69, 9.17) is 5.73 Å². The summed E-state index contributed by atoms with van der Waals surface area (Å²) in [5, 5.41) is 1.31.